The van der Waals surface area contributed by atoms with Gasteiger partial charge in [-0.25, -0.2) is 0 Å². The molecule has 0 saturated carbocycles. The summed E-state index contributed by atoms with van der Waals surface area (Å²) in [4.78, 5) is 0. The molecule has 0 aliphatic heterocycles. The summed E-state index contributed by atoms with van der Waals surface area (Å²) in [6, 6.07) is 13.6. The number of benzene rings is 1. The molecular weight excluding hydrogens is 212 g/mol. The van der Waals surface area contributed by atoms with Crippen molar-refractivity contribution in [1.29, 1.82) is 10.5 Å². The van der Waals surface area contributed by atoms with Crippen LogP contribution in [0.5, 0.6) is 0 Å². The normalized spacial score (nSPS) is 12.9. The first-order valence-corrected chi connectivity index (χ1v) is 5.25. The highest BCUT2D eigenvalue weighted by atomic mass is 16.5. The Kier molecular flexibility index (Phi) is 4.46. The topological polar surface area (TPSA) is 56.8 Å². The maximum absolute atomic E-state index is 9.00. The third-order valence-electron chi connectivity index (χ3n) is 2.55. The van der Waals surface area contributed by atoms with Crippen LogP contribution in [0.3, 0.4) is 0 Å². The maximum atomic E-state index is 9.00. The average molecular weight is 226 g/mol. The van der Waals surface area contributed by atoms with Gasteiger partial charge in [0.1, 0.15) is 6.10 Å². The predicted octanol–water partition coefficient (Wildman–Crippen LogP) is 2.77. The summed E-state index contributed by atoms with van der Waals surface area (Å²) in [5.74, 6) is 0. The van der Waals surface area contributed by atoms with E-state index in [2.05, 4.69) is 0 Å². The molecule has 0 fully saturated rings. The SMILES string of the molecule is COC(/C=C/c1ccccc1)C(C)(C#N)C#N. The first-order chi connectivity index (χ1) is 8.16. The minimum absolute atomic E-state index is 0.544. The Morgan fingerprint density at radius 1 is 1.24 bits per heavy atom. The first kappa shape index (κ1) is 13.0. The van der Waals surface area contributed by atoms with Gasteiger partial charge in [0.05, 0.1) is 12.1 Å². The van der Waals surface area contributed by atoms with E-state index in [0.29, 0.717) is 0 Å². The van der Waals surface area contributed by atoms with Crippen molar-refractivity contribution in [3.8, 4) is 12.1 Å². The molecule has 0 heterocycles. The van der Waals surface area contributed by atoms with E-state index in [4.69, 9.17) is 15.3 Å². The monoisotopic (exact) mass is 226 g/mol. The zero-order valence-electron chi connectivity index (χ0n) is 9.92. The molecule has 0 radical (unpaired) electrons. The highest BCUT2D eigenvalue weighted by molar-refractivity contribution is 5.50. The molecule has 3 nitrogen and oxygen atoms in total. The second kappa shape index (κ2) is 5.84. The molecule has 3 heteroatoms. The van der Waals surface area contributed by atoms with Crippen molar-refractivity contribution >= 4 is 6.08 Å². The molecule has 1 aromatic rings. The van der Waals surface area contributed by atoms with Crippen molar-refractivity contribution in [2.45, 2.75) is 13.0 Å². The number of nitriles is 2. The van der Waals surface area contributed by atoms with Gasteiger partial charge >= 0.3 is 0 Å². The molecule has 1 unspecified atom stereocenters. The molecule has 1 aromatic carbocycles. The molecule has 0 amide bonds. The number of nitrogens with zero attached hydrogens (tertiary/aromatic N) is 2. The van der Waals surface area contributed by atoms with E-state index in [1.807, 2.05) is 48.5 Å². The van der Waals surface area contributed by atoms with Crippen molar-refractivity contribution in [3.05, 3.63) is 42.0 Å². The van der Waals surface area contributed by atoms with E-state index in [-0.39, 0.29) is 0 Å². The fraction of sp³-hybridized carbons (Fsp3) is 0.286. The zero-order chi connectivity index (χ0) is 12.7. The van der Waals surface area contributed by atoms with Crippen LogP contribution in [0, 0.1) is 28.1 Å². The fourth-order valence-electron chi connectivity index (χ4n) is 1.42. The quantitative estimate of drug-likeness (QED) is 0.793. The van der Waals surface area contributed by atoms with Crippen LogP contribution in [-0.2, 0) is 4.74 Å². The number of methoxy groups -OCH3 is 1. The van der Waals surface area contributed by atoms with E-state index < -0.39 is 11.5 Å². The summed E-state index contributed by atoms with van der Waals surface area (Å²) >= 11 is 0. The summed E-state index contributed by atoms with van der Waals surface area (Å²) in [7, 11) is 1.49. The lowest BCUT2D eigenvalue weighted by Gasteiger charge is -2.20. The Bertz CT molecular complexity index is 451. The van der Waals surface area contributed by atoms with E-state index in [1.54, 1.807) is 13.0 Å². The predicted molar refractivity (Wildman–Crippen MR) is 65.6 cm³/mol. The van der Waals surface area contributed by atoms with Gasteiger partial charge in [-0.2, -0.15) is 10.5 Å². The van der Waals surface area contributed by atoms with Crippen molar-refractivity contribution in [3.63, 3.8) is 0 Å². The second-order valence-electron chi connectivity index (χ2n) is 3.85. The molecule has 0 N–H and O–H groups in total. The van der Waals surface area contributed by atoms with Gasteiger partial charge < -0.3 is 4.74 Å². The Labute approximate surface area is 102 Å². The third-order valence-corrected chi connectivity index (χ3v) is 2.55. The minimum atomic E-state index is -1.17. The van der Waals surface area contributed by atoms with Crippen molar-refractivity contribution in [1.82, 2.24) is 0 Å². The fourth-order valence-corrected chi connectivity index (χ4v) is 1.42. The van der Waals surface area contributed by atoms with Gasteiger partial charge in [0.15, 0.2) is 5.41 Å². The Morgan fingerprint density at radius 3 is 2.29 bits per heavy atom. The highest BCUT2D eigenvalue weighted by Gasteiger charge is 2.33. The van der Waals surface area contributed by atoms with Crippen LogP contribution in [0.2, 0.25) is 0 Å². The third kappa shape index (κ3) is 3.17. The summed E-state index contributed by atoms with van der Waals surface area (Å²) in [5.41, 5.74) is -0.159. The number of ether oxygens (including phenoxy) is 1. The Hall–Kier alpha value is -2.10. The lowest BCUT2D eigenvalue weighted by atomic mass is 9.87. The maximum Gasteiger partial charge on any atom is 0.170 e. The van der Waals surface area contributed by atoms with Crippen LogP contribution in [0.4, 0.5) is 0 Å². The van der Waals surface area contributed by atoms with E-state index >= 15 is 0 Å². The summed E-state index contributed by atoms with van der Waals surface area (Å²) in [5, 5.41) is 18.0. The van der Waals surface area contributed by atoms with Gasteiger partial charge in [-0.3, -0.25) is 0 Å². The minimum Gasteiger partial charge on any atom is -0.375 e. The molecular formula is C14H14N2O. The van der Waals surface area contributed by atoms with Crippen LogP contribution in [0.1, 0.15) is 12.5 Å². The smallest absolute Gasteiger partial charge is 0.170 e. The Balaban J connectivity index is 2.90. The lowest BCUT2D eigenvalue weighted by Crippen LogP contribution is -2.29. The summed E-state index contributed by atoms with van der Waals surface area (Å²) < 4.78 is 5.19. The van der Waals surface area contributed by atoms with Crippen molar-refractivity contribution in [2.75, 3.05) is 7.11 Å². The van der Waals surface area contributed by atoms with Gasteiger partial charge in [0.25, 0.3) is 0 Å². The van der Waals surface area contributed by atoms with Crippen molar-refractivity contribution in [2.24, 2.45) is 5.41 Å². The first-order valence-electron chi connectivity index (χ1n) is 5.25. The molecule has 0 bridgehead atoms. The highest BCUT2D eigenvalue weighted by Crippen LogP contribution is 2.23. The molecule has 1 atom stereocenters. The second-order valence-corrected chi connectivity index (χ2v) is 3.85. The average Bonchev–Trinajstić information content (AvgIpc) is 2.40. The van der Waals surface area contributed by atoms with Crippen LogP contribution in [0.25, 0.3) is 6.08 Å². The van der Waals surface area contributed by atoms with Gasteiger partial charge in [-0.15, -0.1) is 0 Å². The Morgan fingerprint density at radius 2 is 1.82 bits per heavy atom. The van der Waals surface area contributed by atoms with Gasteiger partial charge in [-0.05, 0) is 12.5 Å². The van der Waals surface area contributed by atoms with Crippen molar-refractivity contribution < 1.29 is 4.74 Å². The molecule has 0 aromatic heterocycles. The molecule has 1 rings (SSSR count). The summed E-state index contributed by atoms with van der Waals surface area (Å²) in [6.07, 6.45) is 3.04. The standard InChI is InChI=1S/C14H14N2O/c1-14(10-15,11-16)13(17-2)9-8-12-6-4-3-5-7-12/h3-9,13H,1-2H3/b9-8+. The van der Waals surface area contributed by atoms with E-state index in [0.717, 1.165) is 5.56 Å². The molecule has 0 aliphatic rings. The molecule has 0 saturated heterocycles. The summed E-state index contributed by atoms with van der Waals surface area (Å²) in [6.45, 7) is 1.57. The number of rotatable bonds is 4. The zero-order valence-corrected chi connectivity index (χ0v) is 9.92. The van der Waals surface area contributed by atoms with Gasteiger partial charge in [0.2, 0.25) is 0 Å². The van der Waals surface area contributed by atoms with Crippen LogP contribution >= 0.6 is 0 Å². The van der Waals surface area contributed by atoms with E-state index in [1.165, 1.54) is 7.11 Å². The molecule has 0 aliphatic carbocycles. The lowest BCUT2D eigenvalue weighted by molar-refractivity contribution is 0.0896. The molecule has 0 spiro atoms. The van der Waals surface area contributed by atoms with Gasteiger partial charge in [0, 0.05) is 7.11 Å². The largest absolute Gasteiger partial charge is 0.375 e. The molecule has 86 valence electrons. The molecule has 17 heavy (non-hydrogen) atoms. The number of hydrogen-bond donors (Lipinski definition) is 0. The number of hydrogen-bond acceptors (Lipinski definition) is 3. The van der Waals surface area contributed by atoms with Gasteiger partial charge in [-0.1, -0.05) is 42.5 Å². The van der Waals surface area contributed by atoms with Crippen LogP contribution in [0.15, 0.2) is 36.4 Å². The van der Waals surface area contributed by atoms with Crippen LogP contribution in [-0.4, -0.2) is 13.2 Å². The van der Waals surface area contributed by atoms with Crippen LogP contribution < -0.4 is 0 Å². The van der Waals surface area contributed by atoms with E-state index in [9.17, 15) is 0 Å².